The summed E-state index contributed by atoms with van der Waals surface area (Å²) in [6.07, 6.45) is 0.902. The van der Waals surface area contributed by atoms with E-state index in [2.05, 4.69) is 4.98 Å². The zero-order chi connectivity index (χ0) is 24.7. The predicted molar refractivity (Wildman–Crippen MR) is 124 cm³/mol. The highest BCUT2D eigenvalue weighted by atomic mass is 19.4. The van der Waals surface area contributed by atoms with Gasteiger partial charge in [-0.2, -0.15) is 13.2 Å². The van der Waals surface area contributed by atoms with E-state index in [1.165, 1.54) is 24.7 Å². The monoisotopic (exact) mass is 484 g/mol. The predicted octanol–water partition coefficient (Wildman–Crippen LogP) is 7.63. The van der Waals surface area contributed by atoms with Gasteiger partial charge in [-0.05, 0) is 80.0 Å². The third-order valence-corrected chi connectivity index (χ3v) is 6.99. The van der Waals surface area contributed by atoms with Crippen molar-refractivity contribution in [1.29, 1.82) is 0 Å². The highest BCUT2D eigenvalue weighted by Gasteiger charge is 2.37. The maximum Gasteiger partial charge on any atom is 0.418 e. The summed E-state index contributed by atoms with van der Waals surface area (Å²) in [5.74, 6) is -0.512. The molecule has 0 unspecified atom stereocenters. The third kappa shape index (κ3) is 4.37. The van der Waals surface area contributed by atoms with Crippen LogP contribution in [-0.2, 0) is 12.7 Å². The number of fused-ring (bicyclic) bond motifs is 1. The lowest BCUT2D eigenvalue weighted by Gasteiger charge is -2.27. The molecule has 4 nitrogen and oxygen atoms in total. The van der Waals surface area contributed by atoms with Gasteiger partial charge < -0.3 is 8.98 Å². The summed E-state index contributed by atoms with van der Waals surface area (Å²) in [7, 11) is 0. The van der Waals surface area contributed by atoms with Gasteiger partial charge in [0.05, 0.1) is 23.6 Å². The minimum atomic E-state index is -4.63. The molecule has 0 radical (unpaired) electrons. The van der Waals surface area contributed by atoms with Crippen molar-refractivity contribution >= 4 is 16.8 Å². The molecule has 0 spiro atoms. The van der Waals surface area contributed by atoms with Crippen LogP contribution in [0.1, 0.15) is 60.3 Å². The number of furan rings is 1. The number of carbonyl (C=O) groups excluding carboxylic acids is 1. The van der Waals surface area contributed by atoms with Crippen molar-refractivity contribution in [3.63, 3.8) is 0 Å². The molecule has 0 bridgehead atoms. The van der Waals surface area contributed by atoms with Crippen LogP contribution in [0.4, 0.5) is 17.6 Å². The van der Waals surface area contributed by atoms with Crippen LogP contribution >= 0.6 is 0 Å². The molecule has 0 aliphatic heterocycles. The van der Waals surface area contributed by atoms with Gasteiger partial charge in [-0.1, -0.05) is 12.1 Å². The highest BCUT2D eigenvalue weighted by molar-refractivity contribution is 5.99. The highest BCUT2D eigenvalue weighted by Crippen LogP contribution is 2.40. The Hall–Kier alpha value is -3.42. The van der Waals surface area contributed by atoms with Gasteiger partial charge in [-0.15, -0.1) is 0 Å². The summed E-state index contributed by atoms with van der Waals surface area (Å²) < 4.78 is 61.9. The molecule has 1 aliphatic carbocycles. The minimum Gasteiger partial charge on any atom is -0.472 e. The van der Waals surface area contributed by atoms with E-state index in [-0.39, 0.29) is 40.3 Å². The number of alkyl halides is 3. The molecule has 182 valence electrons. The SMILES string of the molecule is CCn1c(C(=O)C2CCC(c3ccc(F)cc3)CC2)nc2c(C(F)(F)F)cc(-c3ccoc3)cc21. The van der Waals surface area contributed by atoms with E-state index in [1.807, 2.05) is 0 Å². The average Bonchev–Trinajstić information content (AvgIpc) is 3.51. The number of hydrogen-bond donors (Lipinski definition) is 0. The van der Waals surface area contributed by atoms with E-state index in [1.54, 1.807) is 35.8 Å². The Balaban J connectivity index is 1.48. The number of aryl methyl sites for hydroxylation is 1. The van der Waals surface area contributed by atoms with E-state index in [0.717, 1.165) is 24.5 Å². The Labute approximate surface area is 199 Å². The summed E-state index contributed by atoms with van der Waals surface area (Å²) >= 11 is 0. The molecule has 0 amide bonds. The van der Waals surface area contributed by atoms with Gasteiger partial charge in [0.15, 0.2) is 5.82 Å². The van der Waals surface area contributed by atoms with E-state index in [4.69, 9.17) is 4.42 Å². The third-order valence-electron chi connectivity index (χ3n) is 6.99. The second kappa shape index (κ2) is 8.98. The summed E-state index contributed by atoms with van der Waals surface area (Å²) in [4.78, 5) is 17.7. The number of benzene rings is 2. The number of carbonyl (C=O) groups is 1. The van der Waals surface area contributed by atoms with Crippen molar-refractivity contribution in [2.75, 3.05) is 0 Å². The van der Waals surface area contributed by atoms with Crippen molar-refractivity contribution in [2.45, 2.75) is 51.2 Å². The first-order valence-corrected chi connectivity index (χ1v) is 11.7. The molecule has 5 rings (SSSR count). The molecule has 0 N–H and O–H groups in total. The first-order valence-electron chi connectivity index (χ1n) is 11.7. The minimum absolute atomic E-state index is 0.0718. The van der Waals surface area contributed by atoms with E-state index < -0.39 is 11.7 Å². The van der Waals surface area contributed by atoms with Crippen molar-refractivity contribution in [1.82, 2.24) is 9.55 Å². The number of imidazole rings is 1. The number of halogens is 4. The lowest BCUT2D eigenvalue weighted by atomic mass is 9.77. The fourth-order valence-corrected chi connectivity index (χ4v) is 5.15. The molecule has 0 atom stereocenters. The van der Waals surface area contributed by atoms with Crippen molar-refractivity contribution < 1.29 is 26.8 Å². The summed E-state index contributed by atoms with van der Waals surface area (Å²) in [6, 6.07) is 10.7. The smallest absolute Gasteiger partial charge is 0.418 e. The van der Waals surface area contributed by atoms with Crippen LogP contribution in [0.3, 0.4) is 0 Å². The molecule has 2 heterocycles. The van der Waals surface area contributed by atoms with Crippen LogP contribution in [0.25, 0.3) is 22.2 Å². The molecule has 1 aliphatic rings. The molecular formula is C27H24F4N2O2. The molecule has 1 fully saturated rings. The zero-order valence-electron chi connectivity index (χ0n) is 19.1. The first-order chi connectivity index (χ1) is 16.8. The van der Waals surface area contributed by atoms with Crippen LogP contribution < -0.4 is 0 Å². The number of ketones is 1. The van der Waals surface area contributed by atoms with Gasteiger partial charge in [0.2, 0.25) is 5.78 Å². The van der Waals surface area contributed by atoms with Crippen LogP contribution in [0.5, 0.6) is 0 Å². The maximum absolute atomic E-state index is 14.0. The van der Waals surface area contributed by atoms with Crippen LogP contribution in [-0.4, -0.2) is 15.3 Å². The van der Waals surface area contributed by atoms with Gasteiger partial charge in [0.25, 0.3) is 0 Å². The lowest BCUT2D eigenvalue weighted by Crippen LogP contribution is -2.24. The Kier molecular flexibility index (Phi) is 5.99. The molecule has 2 aromatic heterocycles. The van der Waals surface area contributed by atoms with E-state index >= 15 is 0 Å². The van der Waals surface area contributed by atoms with Gasteiger partial charge >= 0.3 is 6.18 Å². The number of aromatic nitrogens is 2. The van der Waals surface area contributed by atoms with Crippen molar-refractivity contribution in [3.8, 4) is 11.1 Å². The van der Waals surface area contributed by atoms with Crippen molar-refractivity contribution in [3.05, 3.63) is 77.8 Å². The molecule has 35 heavy (non-hydrogen) atoms. The summed E-state index contributed by atoms with van der Waals surface area (Å²) in [5, 5.41) is 0. The van der Waals surface area contributed by atoms with Crippen LogP contribution in [0.2, 0.25) is 0 Å². The van der Waals surface area contributed by atoms with Crippen LogP contribution in [0.15, 0.2) is 59.4 Å². The van der Waals surface area contributed by atoms with Gasteiger partial charge in [0, 0.05) is 18.0 Å². The Bertz CT molecular complexity index is 1350. The largest absolute Gasteiger partial charge is 0.472 e. The number of hydrogen-bond acceptors (Lipinski definition) is 3. The van der Waals surface area contributed by atoms with Gasteiger partial charge in [-0.3, -0.25) is 4.79 Å². The van der Waals surface area contributed by atoms with Gasteiger partial charge in [0.1, 0.15) is 11.3 Å². The van der Waals surface area contributed by atoms with Gasteiger partial charge in [-0.25, -0.2) is 9.37 Å². The van der Waals surface area contributed by atoms with Crippen molar-refractivity contribution in [2.24, 2.45) is 5.92 Å². The molecule has 0 saturated heterocycles. The average molecular weight is 484 g/mol. The molecular weight excluding hydrogens is 460 g/mol. The van der Waals surface area contributed by atoms with Crippen LogP contribution in [0, 0.1) is 11.7 Å². The Morgan fingerprint density at radius 3 is 2.37 bits per heavy atom. The number of Topliss-reactive ketones (excluding diaryl/α,β-unsaturated/α-hetero) is 1. The summed E-state index contributed by atoms with van der Waals surface area (Å²) in [5.41, 5.74) is 1.12. The maximum atomic E-state index is 14.0. The Morgan fingerprint density at radius 2 is 1.77 bits per heavy atom. The fraction of sp³-hybridized carbons (Fsp3) is 0.333. The summed E-state index contributed by atoms with van der Waals surface area (Å²) in [6.45, 7) is 2.11. The molecule has 2 aromatic carbocycles. The zero-order valence-corrected chi connectivity index (χ0v) is 19.1. The second-order valence-corrected chi connectivity index (χ2v) is 9.05. The second-order valence-electron chi connectivity index (χ2n) is 9.05. The normalized spacial score (nSPS) is 18.8. The first kappa shape index (κ1) is 23.3. The Morgan fingerprint density at radius 1 is 1.06 bits per heavy atom. The number of nitrogens with zero attached hydrogens (tertiary/aromatic N) is 2. The topological polar surface area (TPSA) is 48.0 Å². The fourth-order valence-electron chi connectivity index (χ4n) is 5.15. The van der Waals surface area contributed by atoms with E-state index in [0.29, 0.717) is 30.5 Å². The molecule has 1 saturated carbocycles. The molecule has 4 aromatic rings. The van der Waals surface area contributed by atoms with E-state index in [9.17, 15) is 22.4 Å². The lowest BCUT2D eigenvalue weighted by molar-refractivity contribution is -0.136. The number of rotatable bonds is 5. The molecule has 8 heteroatoms. The standard InChI is InChI=1S/C27H24F4N2O2/c1-2-33-23-14-20(19-11-12-35-15-19)13-22(27(29,30)31)24(23)32-26(33)25(34)18-5-3-16(4-6-18)17-7-9-21(28)10-8-17/h7-16,18H,2-6H2,1H3. The quantitative estimate of drug-likeness (QED) is 0.216.